The first-order chi connectivity index (χ1) is 12.5. The average Bonchev–Trinajstić information content (AvgIpc) is 3.20. The van der Waals surface area contributed by atoms with Crippen molar-refractivity contribution in [3.63, 3.8) is 0 Å². The van der Waals surface area contributed by atoms with Crippen LogP contribution in [0.25, 0.3) is 10.7 Å². The molecule has 0 saturated heterocycles. The Morgan fingerprint density at radius 2 is 1.81 bits per heavy atom. The third-order valence-corrected chi connectivity index (χ3v) is 4.44. The van der Waals surface area contributed by atoms with E-state index in [-0.39, 0.29) is 17.1 Å². The summed E-state index contributed by atoms with van der Waals surface area (Å²) in [5.41, 5.74) is -0.760. The first kappa shape index (κ1) is 17.6. The fourth-order valence-corrected chi connectivity index (χ4v) is 3.01. The fourth-order valence-electron chi connectivity index (χ4n) is 2.26. The minimum Gasteiger partial charge on any atom is -0.464 e. The number of thiophene rings is 1. The molecule has 0 saturated carbocycles. The van der Waals surface area contributed by atoms with Crippen LogP contribution in [-0.4, -0.2) is 28.6 Å². The van der Waals surface area contributed by atoms with E-state index < -0.39 is 23.2 Å². The quantitative estimate of drug-likeness (QED) is 0.656. The van der Waals surface area contributed by atoms with Gasteiger partial charge in [-0.25, -0.2) is 14.6 Å². The van der Waals surface area contributed by atoms with Crippen molar-refractivity contribution in [1.82, 2.24) is 9.55 Å². The van der Waals surface area contributed by atoms with Crippen LogP contribution in [0.1, 0.15) is 20.8 Å². The maximum Gasteiger partial charge on any atom is 0.360 e. The third kappa shape index (κ3) is 3.27. The minimum absolute atomic E-state index is 0.243. The van der Waals surface area contributed by atoms with Gasteiger partial charge in [-0.1, -0.05) is 24.3 Å². The van der Waals surface area contributed by atoms with E-state index in [4.69, 9.17) is 9.47 Å². The number of carbonyl (C=O) groups excluding carboxylic acids is 2. The molecule has 0 bridgehead atoms. The molecule has 2 aromatic heterocycles. The first-order valence-electron chi connectivity index (χ1n) is 7.53. The second kappa shape index (κ2) is 7.32. The van der Waals surface area contributed by atoms with Crippen molar-refractivity contribution in [2.24, 2.45) is 7.05 Å². The Kier molecular flexibility index (Phi) is 4.94. The van der Waals surface area contributed by atoms with E-state index >= 15 is 0 Å². The summed E-state index contributed by atoms with van der Waals surface area (Å²) in [6, 6.07) is 11.7. The number of benzene rings is 1. The van der Waals surface area contributed by atoms with E-state index in [0.717, 1.165) is 7.11 Å². The third-order valence-electron chi connectivity index (χ3n) is 3.57. The van der Waals surface area contributed by atoms with Gasteiger partial charge in [0, 0.05) is 7.05 Å². The van der Waals surface area contributed by atoms with Crippen molar-refractivity contribution in [2.75, 3.05) is 7.11 Å². The SMILES string of the molecule is COC(=O)c1nc(-c2cccs2)n(C)c(=O)c1OC(=O)c1ccccc1. The molecular formula is C18H14N2O5S. The summed E-state index contributed by atoms with van der Waals surface area (Å²) >= 11 is 1.36. The van der Waals surface area contributed by atoms with E-state index in [0.29, 0.717) is 4.88 Å². The van der Waals surface area contributed by atoms with Gasteiger partial charge in [0.05, 0.1) is 17.6 Å². The van der Waals surface area contributed by atoms with Gasteiger partial charge < -0.3 is 9.47 Å². The zero-order valence-corrected chi connectivity index (χ0v) is 14.8. The number of carbonyl (C=O) groups is 2. The molecule has 0 atom stereocenters. The van der Waals surface area contributed by atoms with Crippen LogP contribution in [-0.2, 0) is 11.8 Å². The van der Waals surface area contributed by atoms with Gasteiger partial charge in [0.15, 0.2) is 11.5 Å². The lowest BCUT2D eigenvalue weighted by Crippen LogP contribution is -2.28. The number of ether oxygens (including phenoxy) is 2. The second-order valence-electron chi connectivity index (χ2n) is 5.20. The number of hydrogen-bond donors (Lipinski definition) is 0. The smallest absolute Gasteiger partial charge is 0.360 e. The standard InChI is InChI=1S/C18H14N2O5S/c1-20-15(12-9-6-10-26-12)19-13(18(23)24-2)14(16(20)21)25-17(22)11-7-4-3-5-8-11/h3-10H,1-2H3. The van der Waals surface area contributed by atoms with Crippen LogP contribution in [0.3, 0.4) is 0 Å². The van der Waals surface area contributed by atoms with Gasteiger partial charge in [-0.2, -0.15) is 0 Å². The normalized spacial score (nSPS) is 10.4. The van der Waals surface area contributed by atoms with Gasteiger partial charge in [-0.3, -0.25) is 9.36 Å². The molecule has 0 spiro atoms. The van der Waals surface area contributed by atoms with Crippen molar-refractivity contribution in [2.45, 2.75) is 0 Å². The van der Waals surface area contributed by atoms with Crippen molar-refractivity contribution in [3.8, 4) is 16.5 Å². The van der Waals surface area contributed by atoms with Gasteiger partial charge in [0.25, 0.3) is 5.56 Å². The zero-order valence-electron chi connectivity index (χ0n) is 14.0. The Morgan fingerprint density at radius 3 is 2.42 bits per heavy atom. The summed E-state index contributed by atoms with van der Waals surface area (Å²) in [5.74, 6) is -1.81. The number of hydrogen-bond acceptors (Lipinski definition) is 7. The molecule has 0 aliphatic heterocycles. The van der Waals surface area contributed by atoms with E-state index in [9.17, 15) is 14.4 Å². The minimum atomic E-state index is -0.864. The van der Waals surface area contributed by atoms with Crippen LogP contribution in [0.4, 0.5) is 0 Å². The van der Waals surface area contributed by atoms with Gasteiger partial charge in [-0.05, 0) is 23.6 Å². The van der Waals surface area contributed by atoms with Crippen molar-refractivity contribution in [1.29, 1.82) is 0 Å². The van der Waals surface area contributed by atoms with Gasteiger partial charge >= 0.3 is 11.9 Å². The lowest BCUT2D eigenvalue weighted by atomic mass is 10.2. The summed E-state index contributed by atoms with van der Waals surface area (Å²) in [6.45, 7) is 0. The van der Waals surface area contributed by atoms with Gasteiger partial charge in [0.1, 0.15) is 0 Å². The summed E-state index contributed by atoms with van der Waals surface area (Å²) in [5, 5.41) is 1.82. The van der Waals surface area contributed by atoms with Crippen LogP contribution in [0, 0.1) is 0 Å². The van der Waals surface area contributed by atoms with Gasteiger partial charge in [-0.15, -0.1) is 11.3 Å². The largest absolute Gasteiger partial charge is 0.464 e. The maximum atomic E-state index is 12.7. The van der Waals surface area contributed by atoms with Gasteiger partial charge in [0.2, 0.25) is 5.75 Å². The Morgan fingerprint density at radius 1 is 1.08 bits per heavy atom. The summed E-state index contributed by atoms with van der Waals surface area (Å²) in [7, 11) is 2.65. The number of aromatic nitrogens is 2. The summed E-state index contributed by atoms with van der Waals surface area (Å²) < 4.78 is 11.1. The Bertz CT molecular complexity index is 1010. The molecule has 0 amide bonds. The van der Waals surface area contributed by atoms with Crippen LogP contribution in [0.2, 0.25) is 0 Å². The van der Waals surface area contributed by atoms with Crippen LogP contribution >= 0.6 is 11.3 Å². The van der Waals surface area contributed by atoms with E-state index in [1.54, 1.807) is 30.3 Å². The number of rotatable bonds is 4. The molecule has 132 valence electrons. The summed E-state index contributed by atoms with van der Waals surface area (Å²) in [6.07, 6.45) is 0. The first-order valence-corrected chi connectivity index (χ1v) is 8.41. The monoisotopic (exact) mass is 370 g/mol. The molecule has 3 aromatic rings. The van der Waals surface area contributed by atoms with Crippen LogP contribution in [0.5, 0.6) is 5.75 Å². The average molecular weight is 370 g/mol. The summed E-state index contributed by atoms with van der Waals surface area (Å²) in [4.78, 5) is 42.1. The molecule has 1 aromatic carbocycles. The molecule has 26 heavy (non-hydrogen) atoms. The predicted octanol–water partition coefficient (Wildman–Crippen LogP) is 2.51. The van der Waals surface area contributed by atoms with Crippen molar-refractivity contribution >= 4 is 23.3 Å². The maximum absolute atomic E-state index is 12.7. The molecule has 0 N–H and O–H groups in total. The van der Waals surface area contributed by atoms with E-state index in [1.165, 1.54) is 35.1 Å². The number of esters is 2. The van der Waals surface area contributed by atoms with E-state index in [1.807, 2.05) is 5.38 Å². The fraction of sp³-hybridized carbons (Fsp3) is 0.111. The predicted molar refractivity (Wildman–Crippen MR) is 95.5 cm³/mol. The molecule has 2 heterocycles. The molecule has 0 fully saturated rings. The highest BCUT2D eigenvalue weighted by atomic mass is 32.1. The van der Waals surface area contributed by atoms with Crippen molar-refractivity contribution < 1.29 is 19.1 Å². The molecule has 3 rings (SSSR count). The highest BCUT2D eigenvalue weighted by Crippen LogP contribution is 2.24. The Hall–Kier alpha value is -3.26. The zero-order chi connectivity index (χ0) is 18.7. The lowest BCUT2D eigenvalue weighted by molar-refractivity contribution is 0.0584. The molecular weight excluding hydrogens is 356 g/mol. The highest BCUT2D eigenvalue weighted by molar-refractivity contribution is 7.13. The Labute approximate surface area is 152 Å². The number of nitrogens with zero attached hydrogens (tertiary/aromatic N) is 2. The topological polar surface area (TPSA) is 87.5 Å². The second-order valence-corrected chi connectivity index (χ2v) is 6.15. The lowest BCUT2D eigenvalue weighted by Gasteiger charge is -2.12. The van der Waals surface area contributed by atoms with E-state index in [2.05, 4.69) is 4.98 Å². The molecule has 0 radical (unpaired) electrons. The van der Waals surface area contributed by atoms with Crippen LogP contribution in [0.15, 0.2) is 52.6 Å². The van der Waals surface area contributed by atoms with Crippen molar-refractivity contribution in [3.05, 3.63) is 69.5 Å². The van der Waals surface area contributed by atoms with Crippen LogP contribution < -0.4 is 10.3 Å². The molecule has 8 heteroatoms. The number of methoxy groups -OCH3 is 1. The molecule has 0 unspecified atom stereocenters. The highest BCUT2D eigenvalue weighted by Gasteiger charge is 2.26. The molecule has 7 nitrogen and oxygen atoms in total. The molecule has 0 aliphatic carbocycles. The molecule has 0 aliphatic rings. The Balaban J connectivity index is 2.12.